The minimum absolute atomic E-state index is 0.299. The highest BCUT2D eigenvalue weighted by Crippen LogP contribution is 2.27. The number of thioether (sulfide) groups is 1. The second kappa shape index (κ2) is 14.0. The molecule has 0 aromatic heterocycles. The number of alkyl carbamates (subject to hydrolysis) is 1. The molecular formula is C32H38N4O4S. The van der Waals surface area contributed by atoms with Crippen LogP contribution in [0.15, 0.2) is 60.7 Å². The number of carbonyl (C=O) groups is 3. The summed E-state index contributed by atoms with van der Waals surface area (Å²) in [6.07, 6.45) is 1.46. The van der Waals surface area contributed by atoms with Gasteiger partial charge in [-0.1, -0.05) is 48.5 Å². The number of carbonyl (C=O) groups excluding carboxylic acids is 3. The van der Waals surface area contributed by atoms with Crippen LogP contribution in [0.1, 0.15) is 49.9 Å². The Balaban J connectivity index is 2.02. The molecule has 0 spiro atoms. The quantitative estimate of drug-likeness (QED) is 0.282. The van der Waals surface area contributed by atoms with E-state index in [0.717, 1.165) is 21.9 Å². The van der Waals surface area contributed by atoms with Crippen molar-refractivity contribution in [3.63, 3.8) is 0 Å². The summed E-state index contributed by atoms with van der Waals surface area (Å²) >= 11 is 1.52. The maximum Gasteiger partial charge on any atom is 0.408 e. The fourth-order valence-corrected chi connectivity index (χ4v) is 4.87. The first-order valence-corrected chi connectivity index (χ1v) is 14.9. The molecule has 3 rings (SSSR count). The number of rotatable bonds is 10. The van der Waals surface area contributed by atoms with E-state index >= 15 is 0 Å². The topological polar surface area (TPSA) is 112 Å². The van der Waals surface area contributed by atoms with E-state index in [4.69, 9.17) is 4.74 Å². The van der Waals surface area contributed by atoms with E-state index in [-0.39, 0.29) is 6.54 Å². The molecule has 2 atom stereocenters. The summed E-state index contributed by atoms with van der Waals surface area (Å²) in [5, 5.41) is 17.4. The smallest absolute Gasteiger partial charge is 0.408 e. The predicted molar refractivity (Wildman–Crippen MR) is 165 cm³/mol. The highest BCUT2D eigenvalue weighted by atomic mass is 32.2. The van der Waals surface area contributed by atoms with E-state index in [2.05, 4.69) is 10.6 Å². The van der Waals surface area contributed by atoms with Gasteiger partial charge in [0.15, 0.2) is 0 Å². The molecule has 0 aliphatic carbocycles. The van der Waals surface area contributed by atoms with Gasteiger partial charge in [0.05, 0.1) is 6.07 Å². The van der Waals surface area contributed by atoms with Crippen LogP contribution < -0.4 is 10.6 Å². The minimum Gasteiger partial charge on any atom is -0.444 e. The molecule has 0 fully saturated rings. The Morgan fingerprint density at radius 1 is 1.00 bits per heavy atom. The van der Waals surface area contributed by atoms with Crippen molar-refractivity contribution < 1.29 is 19.1 Å². The van der Waals surface area contributed by atoms with Crippen molar-refractivity contribution >= 4 is 46.1 Å². The zero-order valence-electron chi connectivity index (χ0n) is 24.5. The van der Waals surface area contributed by atoms with Crippen molar-refractivity contribution in [2.24, 2.45) is 0 Å². The van der Waals surface area contributed by atoms with Gasteiger partial charge in [-0.2, -0.15) is 17.0 Å². The van der Waals surface area contributed by atoms with Crippen molar-refractivity contribution in [2.45, 2.75) is 58.7 Å². The number of nitriles is 1. The van der Waals surface area contributed by atoms with Crippen molar-refractivity contribution in [3.05, 3.63) is 77.4 Å². The lowest BCUT2D eigenvalue weighted by Gasteiger charge is -2.33. The summed E-state index contributed by atoms with van der Waals surface area (Å²) in [7, 11) is 0. The van der Waals surface area contributed by atoms with Gasteiger partial charge < -0.3 is 20.3 Å². The van der Waals surface area contributed by atoms with Crippen LogP contribution in [0.5, 0.6) is 0 Å². The fraction of sp³-hybridized carbons (Fsp3) is 0.375. The Bertz CT molecular complexity index is 1440. The number of amides is 3. The molecule has 3 amide bonds. The summed E-state index contributed by atoms with van der Waals surface area (Å²) in [4.78, 5) is 41.9. The van der Waals surface area contributed by atoms with E-state index in [1.807, 2.05) is 74.7 Å². The molecule has 2 unspecified atom stereocenters. The number of nitrogens with one attached hydrogen (secondary N) is 2. The molecule has 216 valence electrons. The van der Waals surface area contributed by atoms with Crippen molar-refractivity contribution in [1.82, 2.24) is 10.2 Å². The third-order valence-corrected chi connectivity index (χ3v) is 7.19. The van der Waals surface area contributed by atoms with Gasteiger partial charge >= 0.3 is 6.09 Å². The van der Waals surface area contributed by atoms with Crippen LogP contribution in [0.25, 0.3) is 10.8 Å². The van der Waals surface area contributed by atoms with Gasteiger partial charge in [0.25, 0.3) is 5.91 Å². The first-order chi connectivity index (χ1) is 19.4. The third-order valence-electron chi connectivity index (χ3n) is 6.55. The standard InChI is InChI=1S/C32H38N4O4S/c1-21-11-12-25(19-22(21)2)28(29(37)34-26-14-13-23-9-7-8-10-24(23)20-26)36(17-16-33)30(38)27(15-18-41-6)35-31(39)40-32(3,4)5/h7-14,19-20,27-28H,15,17-18H2,1-6H3,(H,34,37)(H,35,39). The lowest BCUT2D eigenvalue weighted by Crippen LogP contribution is -2.52. The molecule has 2 N–H and O–H groups in total. The lowest BCUT2D eigenvalue weighted by molar-refractivity contribution is -0.140. The lowest BCUT2D eigenvalue weighted by atomic mass is 9.98. The Morgan fingerprint density at radius 2 is 1.71 bits per heavy atom. The van der Waals surface area contributed by atoms with Crippen LogP contribution in [0.3, 0.4) is 0 Å². The first kappa shape index (κ1) is 31.5. The normalized spacial score (nSPS) is 12.6. The van der Waals surface area contributed by atoms with Gasteiger partial charge in [-0.05, 0) is 92.6 Å². The Kier molecular flexibility index (Phi) is 10.8. The zero-order valence-corrected chi connectivity index (χ0v) is 25.3. The number of hydrogen-bond donors (Lipinski definition) is 2. The van der Waals surface area contributed by atoms with Crippen LogP contribution in [0.4, 0.5) is 10.5 Å². The van der Waals surface area contributed by atoms with Crippen molar-refractivity contribution in [2.75, 3.05) is 23.9 Å². The molecule has 0 radical (unpaired) electrons. The van der Waals surface area contributed by atoms with Gasteiger partial charge in [-0.15, -0.1) is 0 Å². The second-order valence-corrected chi connectivity index (χ2v) is 11.9. The Hall–Kier alpha value is -4.03. The van der Waals surface area contributed by atoms with Crippen LogP contribution >= 0.6 is 11.8 Å². The van der Waals surface area contributed by atoms with E-state index in [1.165, 1.54) is 16.7 Å². The average molecular weight is 575 g/mol. The molecule has 3 aromatic rings. The molecule has 0 bridgehead atoms. The van der Waals surface area contributed by atoms with Crippen LogP contribution in [0.2, 0.25) is 0 Å². The van der Waals surface area contributed by atoms with Crippen LogP contribution in [-0.4, -0.2) is 53.0 Å². The Labute approximate surface area is 246 Å². The third kappa shape index (κ3) is 8.73. The number of fused-ring (bicyclic) bond motifs is 1. The monoisotopic (exact) mass is 574 g/mol. The molecule has 0 saturated carbocycles. The molecule has 0 aliphatic rings. The number of benzene rings is 3. The van der Waals surface area contributed by atoms with Gasteiger partial charge in [-0.25, -0.2) is 4.79 Å². The van der Waals surface area contributed by atoms with E-state index in [9.17, 15) is 19.6 Å². The van der Waals surface area contributed by atoms with Crippen molar-refractivity contribution in [3.8, 4) is 6.07 Å². The zero-order chi connectivity index (χ0) is 30.2. The number of ether oxygens (including phenoxy) is 1. The first-order valence-electron chi connectivity index (χ1n) is 13.5. The van der Waals surface area contributed by atoms with E-state index in [1.54, 1.807) is 32.9 Å². The van der Waals surface area contributed by atoms with E-state index < -0.39 is 35.6 Å². The average Bonchev–Trinajstić information content (AvgIpc) is 2.91. The summed E-state index contributed by atoms with van der Waals surface area (Å²) in [5.41, 5.74) is 2.35. The molecule has 41 heavy (non-hydrogen) atoms. The summed E-state index contributed by atoms with van der Waals surface area (Å²) in [6, 6.07) is 18.9. The van der Waals surface area contributed by atoms with Crippen LogP contribution in [-0.2, 0) is 14.3 Å². The van der Waals surface area contributed by atoms with Gasteiger partial charge in [-0.3, -0.25) is 9.59 Å². The molecular weight excluding hydrogens is 536 g/mol. The summed E-state index contributed by atoms with van der Waals surface area (Å²) in [5.74, 6) is -0.430. The number of nitrogens with zero attached hydrogens (tertiary/aromatic N) is 2. The highest BCUT2D eigenvalue weighted by molar-refractivity contribution is 7.98. The van der Waals surface area contributed by atoms with Crippen LogP contribution in [0, 0.1) is 25.2 Å². The van der Waals surface area contributed by atoms with Crippen molar-refractivity contribution in [1.29, 1.82) is 5.26 Å². The van der Waals surface area contributed by atoms with E-state index in [0.29, 0.717) is 23.4 Å². The molecule has 3 aromatic carbocycles. The maximum absolute atomic E-state index is 14.1. The number of hydrogen-bond acceptors (Lipinski definition) is 6. The summed E-state index contributed by atoms with van der Waals surface area (Å²) < 4.78 is 5.40. The second-order valence-electron chi connectivity index (χ2n) is 10.9. The predicted octanol–water partition coefficient (Wildman–Crippen LogP) is 6.14. The number of aryl methyl sites for hydroxylation is 2. The SMILES string of the molecule is CSCCC(NC(=O)OC(C)(C)C)C(=O)N(CC#N)C(C(=O)Nc1ccc2ccccc2c1)c1ccc(C)c(C)c1. The maximum atomic E-state index is 14.1. The highest BCUT2D eigenvalue weighted by Gasteiger charge is 2.36. The molecule has 0 saturated heterocycles. The summed E-state index contributed by atoms with van der Waals surface area (Å²) in [6.45, 7) is 8.75. The molecule has 0 aliphatic heterocycles. The largest absolute Gasteiger partial charge is 0.444 e. The number of anilines is 1. The molecule has 0 heterocycles. The van der Waals surface area contributed by atoms with Gasteiger partial charge in [0.1, 0.15) is 24.2 Å². The molecule has 8 nitrogen and oxygen atoms in total. The van der Waals surface area contributed by atoms with Gasteiger partial charge in [0, 0.05) is 5.69 Å². The fourth-order valence-electron chi connectivity index (χ4n) is 4.40. The van der Waals surface area contributed by atoms with Gasteiger partial charge in [0.2, 0.25) is 5.91 Å². The Morgan fingerprint density at radius 3 is 2.34 bits per heavy atom. The minimum atomic E-state index is -1.12. The molecule has 9 heteroatoms.